The average molecular weight is 426 g/mol. The zero-order valence-corrected chi connectivity index (χ0v) is 17.4. The van der Waals surface area contributed by atoms with Crippen LogP contribution < -0.4 is 0 Å². The van der Waals surface area contributed by atoms with Crippen molar-refractivity contribution < 1.29 is 22.7 Å². The van der Waals surface area contributed by atoms with Crippen LogP contribution in [0.1, 0.15) is 47.7 Å². The molecule has 0 aliphatic carbocycles. The second-order valence-electron chi connectivity index (χ2n) is 7.12. The van der Waals surface area contributed by atoms with Gasteiger partial charge in [0.05, 0.1) is 16.5 Å². The summed E-state index contributed by atoms with van der Waals surface area (Å²) >= 11 is 0. The Morgan fingerprint density at radius 2 is 1.77 bits per heavy atom. The summed E-state index contributed by atoms with van der Waals surface area (Å²) in [5.74, 6) is -0.746. The molecule has 7 nitrogen and oxygen atoms in total. The van der Waals surface area contributed by atoms with E-state index >= 15 is 0 Å². The van der Waals surface area contributed by atoms with E-state index in [1.807, 2.05) is 6.07 Å². The van der Waals surface area contributed by atoms with Gasteiger partial charge in [0.1, 0.15) is 12.6 Å². The van der Waals surface area contributed by atoms with Crippen molar-refractivity contribution in [2.75, 3.05) is 6.54 Å². The minimum absolute atomic E-state index is 0.00222. The number of carbonyl (C=O) groups excluding carboxylic acids is 2. The molecule has 30 heavy (non-hydrogen) atoms. The number of esters is 1. The van der Waals surface area contributed by atoms with Crippen molar-refractivity contribution >= 4 is 21.8 Å². The molecule has 8 heteroatoms. The monoisotopic (exact) mass is 426 g/mol. The molecule has 0 N–H and O–H groups in total. The lowest BCUT2D eigenvalue weighted by atomic mass is 10.1. The number of rotatable bonds is 6. The Hall–Kier alpha value is -3.02. The first-order valence-electron chi connectivity index (χ1n) is 9.61. The van der Waals surface area contributed by atoms with Crippen LogP contribution >= 0.6 is 0 Å². The maximum Gasteiger partial charge on any atom is 0.324 e. The average Bonchev–Trinajstić information content (AvgIpc) is 2.77. The number of nitriles is 1. The minimum Gasteiger partial charge on any atom is -0.460 e. The first-order chi connectivity index (χ1) is 14.3. The van der Waals surface area contributed by atoms with Gasteiger partial charge < -0.3 is 4.74 Å². The minimum atomic E-state index is -3.91. The van der Waals surface area contributed by atoms with E-state index < -0.39 is 22.0 Å². The van der Waals surface area contributed by atoms with Crippen LogP contribution in [0.3, 0.4) is 0 Å². The Morgan fingerprint density at radius 3 is 2.37 bits per heavy atom. The van der Waals surface area contributed by atoms with Crippen LogP contribution in [0.15, 0.2) is 53.4 Å². The van der Waals surface area contributed by atoms with E-state index in [0.29, 0.717) is 29.5 Å². The van der Waals surface area contributed by atoms with Gasteiger partial charge in [-0.05, 0) is 56.0 Å². The summed E-state index contributed by atoms with van der Waals surface area (Å²) in [6.45, 7) is 1.64. The lowest BCUT2D eigenvalue weighted by molar-refractivity contribution is -0.150. The number of sulfonamides is 1. The van der Waals surface area contributed by atoms with E-state index in [4.69, 9.17) is 10.00 Å². The summed E-state index contributed by atoms with van der Waals surface area (Å²) in [4.78, 5) is 24.2. The highest BCUT2D eigenvalue weighted by atomic mass is 32.2. The van der Waals surface area contributed by atoms with E-state index in [0.717, 1.165) is 6.42 Å². The molecule has 1 unspecified atom stereocenters. The van der Waals surface area contributed by atoms with E-state index in [9.17, 15) is 18.0 Å². The lowest BCUT2D eigenvalue weighted by Crippen LogP contribution is -2.48. The molecule has 0 amide bonds. The molecular formula is C22H22N2O5S. The third kappa shape index (κ3) is 4.75. The second-order valence-corrected chi connectivity index (χ2v) is 9.01. The fourth-order valence-corrected chi connectivity index (χ4v) is 5.00. The molecule has 1 heterocycles. The molecule has 3 rings (SSSR count). The maximum atomic E-state index is 13.1. The van der Waals surface area contributed by atoms with Crippen molar-refractivity contribution in [3.8, 4) is 6.07 Å². The van der Waals surface area contributed by atoms with Gasteiger partial charge in [0.2, 0.25) is 10.0 Å². The highest BCUT2D eigenvalue weighted by molar-refractivity contribution is 7.89. The van der Waals surface area contributed by atoms with Gasteiger partial charge in [-0.1, -0.05) is 24.3 Å². The summed E-state index contributed by atoms with van der Waals surface area (Å²) in [7, 11) is -3.91. The highest BCUT2D eigenvalue weighted by Crippen LogP contribution is 2.26. The molecule has 0 saturated carbocycles. The van der Waals surface area contributed by atoms with Crippen molar-refractivity contribution in [3.63, 3.8) is 0 Å². The van der Waals surface area contributed by atoms with Crippen LogP contribution in [0.2, 0.25) is 0 Å². The molecule has 1 aliphatic rings. The van der Waals surface area contributed by atoms with Gasteiger partial charge in [-0.25, -0.2) is 8.42 Å². The van der Waals surface area contributed by atoms with Crippen LogP contribution in [0, 0.1) is 11.3 Å². The standard InChI is InChI=1S/C22H22N2O5S/c1-16(25)19-9-11-20(12-10-19)30(27,28)24-13-3-2-4-21(24)22(26)29-15-18-7-5-17(14-23)6-8-18/h5-12,21H,2-4,13,15H2,1H3. The number of piperidine rings is 1. The van der Waals surface area contributed by atoms with Gasteiger partial charge in [-0.2, -0.15) is 9.57 Å². The van der Waals surface area contributed by atoms with Crippen LogP contribution in [0.25, 0.3) is 0 Å². The van der Waals surface area contributed by atoms with Gasteiger partial charge >= 0.3 is 5.97 Å². The molecular weight excluding hydrogens is 404 g/mol. The van der Waals surface area contributed by atoms with Gasteiger partial charge in [-0.15, -0.1) is 0 Å². The van der Waals surface area contributed by atoms with E-state index in [1.165, 1.54) is 35.5 Å². The fourth-order valence-electron chi connectivity index (χ4n) is 3.35. The number of hydrogen-bond acceptors (Lipinski definition) is 6. The van der Waals surface area contributed by atoms with Crippen molar-refractivity contribution in [2.45, 2.75) is 43.7 Å². The normalized spacial score (nSPS) is 17.1. The van der Waals surface area contributed by atoms with Crippen LogP contribution in [-0.4, -0.2) is 37.1 Å². The zero-order valence-electron chi connectivity index (χ0n) is 16.6. The smallest absolute Gasteiger partial charge is 0.324 e. The largest absolute Gasteiger partial charge is 0.460 e. The number of ketones is 1. The Balaban J connectivity index is 1.75. The number of ether oxygens (including phenoxy) is 1. The molecule has 1 saturated heterocycles. The van der Waals surface area contributed by atoms with Gasteiger partial charge in [0.25, 0.3) is 0 Å². The fraction of sp³-hybridized carbons (Fsp3) is 0.318. The van der Waals surface area contributed by atoms with Gasteiger partial charge in [0.15, 0.2) is 5.78 Å². The van der Waals surface area contributed by atoms with E-state index in [-0.39, 0.29) is 23.8 Å². The van der Waals surface area contributed by atoms with Crippen molar-refractivity contribution in [2.24, 2.45) is 0 Å². The molecule has 2 aromatic rings. The predicted octanol–water partition coefficient (Wildman–Crippen LogP) is 3.05. The van der Waals surface area contributed by atoms with Gasteiger partial charge in [0, 0.05) is 12.1 Å². The molecule has 156 valence electrons. The molecule has 0 spiro atoms. The third-order valence-corrected chi connectivity index (χ3v) is 6.98. The van der Waals surface area contributed by atoms with E-state index in [1.54, 1.807) is 24.3 Å². The molecule has 0 radical (unpaired) electrons. The quantitative estimate of drug-likeness (QED) is 0.519. The van der Waals surface area contributed by atoms with Crippen LogP contribution in [0.4, 0.5) is 0 Å². The number of Topliss-reactive ketones (excluding diaryl/α,β-unsaturated/α-hetero) is 1. The van der Waals surface area contributed by atoms with Crippen molar-refractivity contribution in [1.29, 1.82) is 5.26 Å². The number of carbonyl (C=O) groups is 2. The Bertz CT molecular complexity index is 1070. The molecule has 1 aliphatic heterocycles. The summed E-state index contributed by atoms with van der Waals surface area (Å²) in [5, 5.41) is 8.84. The first kappa shape index (κ1) is 21.7. The number of nitrogens with zero attached hydrogens (tertiary/aromatic N) is 2. The second kappa shape index (κ2) is 9.20. The Kier molecular flexibility index (Phi) is 6.65. The lowest BCUT2D eigenvalue weighted by Gasteiger charge is -2.33. The third-order valence-electron chi connectivity index (χ3n) is 5.06. The number of hydrogen-bond donors (Lipinski definition) is 0. The van der Waals surface area contributed by atoms with E-state index in [2.05, 4.69) is 0 Å². The highest BCUT2D eigenvalue weighted by Gasteiger charge is 2.38. The molecule has 0 aromatic heterocycles. The number of benzene rings is 2. The maximum absolute atomic E-state index is 13.1. The Morgan fingerprint density at radius 1 is 1.10 bits per heavy atom. The molecule has 0 bridgehead atoms. The summed E-state index contributed by atoms with van der Waals surface area (Å²) in [5.41, 5.74) is 1.64. The summed E-state index contributed by atoms with van der Waals surface area (Å²) in [6, 6.07) is 13.5. The molecule has 1 atom stereocenters. The van der Waals surface area contributed by atoms with Crippen LogP contribution in [0.5, 0.6) is 0 Å². The molecule has 2 aromatic carbocycles. The van der Waals surface area contributed by atoms with Gasteiger partial charge in [-0.3, -0.25) is 9.59 Å². The topological polar surface area (TPSA) is 105 Å². The Labute approximate surface area is 175 Å². The van der Waals surface area contributed by atoms with Crippen molar-refractivity contribution in [1.82, 2.24) is 4.31 Å². The van der Waals surface area contributed by atoms with Crippen LogP contribution in [-0.2, 0) is 26.2 Å². The first-order valence-corrected chi connectivity index (χ1v) is 11.1. The summed E-state index contributed by atoms with van der Waals surface area (Å²) in [6.07, 6.45) is 1.77. The summed E-state index contributed by atoms with van der Waals surface area (Å²) < 4.78 is 32.8. The van der Waals surface area contributed by atoms with Crippen molar-refractivity contribution in [3.05, 3.63) is 65.2 Å². The predicted molar refractivity (Wildman–Crippen MR) is 109 cm³/mol. The zero-order chi connectivity index (χ0) is 21.7. The molecule has 1 fully saturated rings. The SMILES string of the molecule is CC(=O)c1ccc(S(=O)(=O)N2CCCCC2C(=O)OCc2ccc(C#N)cc2)cc1.